The summed E-state index contributed by atoms with van der Waals surface area (Å²) >= 11 is 0. The molecule has 5 heteroatoms. The third kappa shape index (κ3) is 3.00. The first kappa shape index (κ1) is 12.4. The molecule has 2 rings (SSSR count). The Bertz CT molecular complexity index is 578. The Morgan fingerprint density at radius 1 is 1.33 bits per heavy atom. The predicted octanol–water partition coefficient (Wildman–Crippen LogP) is 2.05. The van der Waals surface area contributed by atoms with E-state index in [9.17, 15) is 13.6 Å². The summed E-state index contributed by atoms with van der Waals surface area (Å²) in [6.45, 7) is 0. The van der Waals surface area contributed by atoms with Crippen LogP contribution in [0.1, 0.15) is 11.1 Å². The van der Waals surface area contributed by atoms with E-state index in [2.05, 4.69) is 5.10 Å². The Hall–Kier alpha value is -2.04. The van der Waals surface area contributed by atoms with Crippen LogP contribution in [-0.2, 0) is 24.7 Å². The normalized spacial score (nSPS) is 10.6. The van der Waals surface area contributed by atoms with E-state index < -0.39 is 11.6 Å². The minimum atomic E-state index is -0.686. The van der Waals surface area contributed by atoms with Crippen LogP contribution in [0.25, 0.3) is 0 Å². The number of hydrogen-bond donors (Lipinski definition) is 0. The highest BCUT2D eigenvalue weighted by Gasteiger charge is 2.10. The lowest BCUT2D eigenvalue weighted by atomic mass is 10.0. The number of aromatic nitrogens is 2. The van der Waals surface area contributed by atoms with Gasteiger partial charge in [0, 0.05) is 32.2 Å². The van der Waals surface area contributed by atoms with Crippen molar-refractivity contribution in [2.75, 3.05) is 0 Å². The molecule has 0 spiro atoms. The molecule has 2 aromatic rings. The van der Waals surface area contributed by atoms with Gasteiger partial charge in [0.15, 0.2) is 0 Å². The van der Waals surface area contributed by atoms with Crippen LogP contribution in [0, 0.1) is 11.6 Å². The molecule has 0 saturated carbocycles. The molecule has 0 N–H and O–H groups in total. The lowest BCUT2D eigenvalue weighted by Gasteiger charge is -2.02. The first-order chi connectivity index (χ1) is 8.54. The Morgan fingerprint density at radius 2 is 2.11 bits per heavy atom. The minimum Gasteiger partial charge on any atom is -0.299 e. The number of benzene rings is 1. The summed E-state index contributed by atoms with van der Waals surface area (Å²) < 4.78 is 27.6. The van der Waals surface area contributed by atoms with E-state index in [4.69, 9.17) is 0 Å². The first-order valence-electron chi connectivity index (χ1n) is 5.48. The zero-order valence-corrected chi connectivity index (χ0v) is 9.86. The van der Waals surface area contributed by atoms with Gasteiger partial charge in [-0.3, -0.25) is 9.48 Å². The average Bonchev–Trinajstić information content (AvgIpc) is 2.68. The smallest absolute Gasteiger partial charge is 0.141 e. The lowest BCUT2D eigenvalue weighted by molar-refractivity contribution is -0.117. The van der Waals surface area contributed by atoms with Gasteiger partial charge in [0.05, 0.1) is 6.20 Å². The van der Waals surface area contributed by atoms with Crippen LogP contribution in [0.15, 0.2) is 30.6 Å². The van der Waals surface area contributed by atoms with Crippen molar-refractivity contribution in [2.24, 2.45) is 7.05 Å². The van der Waals surface area contributed by atoms with Crippen molar-refractivity contribution in [1.82, 2.24) is 9.78 Å². The van der Waals surface area contributed by atoms with Crippen LogP contribution in [0.2, 0.25) is 0 Å². The van der Waals surface area contributed by atoms with E-state index in [-0.39, 0.29) is 24.2 Å². The molecule has 0 aliphatic heterocycles. The number of carbonyl (C=O) groups excluding carboxylic acids is 1. The highest BCUT2D eigenvalue weighted by molar-refractivity contribution is 5.83. The number of ketones is 1. The summed E-state index contributed by atoms with van der Waals surface area (Å²) in [7, 11) is 1.76. The van der Waals surface area contributed by atoms with Gasteiger partial charge in [-0.15, -0.1) is 0 Å². The van der Waals surface area contributed by atoms with Gasteiger partial charge < -0.3 is 0 Å². The van der Waals surface area contributed by atoms with Crippen LogP contribution in [0.3, 0.4) is 0 Å². The van der Waals surface area contributed by atoms with Crippen LogP contribution in [0.4, 0.5) is 8.78 Å². The molecule has 1 aromatic heterocycles. The van der Waals surface area contributed by atoms with Crippen molar-refractivity contribution in [3.8, 4) is 0 Å². The molecule has 1 aromatic carbocycles. The van der Waals surface area contributed by atoms with E-state index in [1.54, 1.807) is 24.1 Å². The second-order valence-electron chi connectivity index (χ2n) is 4.15. The summed E-state index contributed by atoms with van der Waals surface area (Å²) in [6, 6.07) is 3.23. The highest BCUT2D eigenvalue weighted by Crippen LogP contribution is 2.11. The maximum atomic E-state index is 13.3. The van der Waals surface area contributed by atoms with Crippen molar-refractivity contribution in [2.45, 2.75) is 12.8 Å². The van der Waals surface area contributed by atoms with Crippen LogP contribution in [0.5, 0.6) is 0 Å². The van der Waals surface area contributed by atoms with E-state index in [1.165, 1.54) is 6.07 Å². The second kappa shape index (κ2) is 5.08. The summed E-state index contributed by atoms with van der Waals surface area (Å²) in [4.78, 5) is 11.7. The minimum absolute atomic E-state index is 0.0407. The molecule has 18 heavy (non-hydrogen) atoms. The zero-order valence-electron chi connectivity index (χ0n) is 9.86. The summed E-state index contributed by atoms with van der Waals surface area (Å²) in [5, 5.41) is 3.95. The van der Waals surface area contributed by atoms with Gasteiger partial charge in [-0.2, -0.15) is 5.10 Å². The van der Waals surface area contributed by atoms with Crippen molar-refractivity contribution in [3.63, 3.8) is 0 Å². The molecule has 0 saturated heterocycles. The molecule has 0 amide bonds. The summed E-state index contributed by atoms with van der Waals surface area (Å²) in [6.07, 6.45) is 3.49. The molecule has 0 bridgehead atoms. The Labute approximate surface area is 103 Å². The molecule has 94 valence electrons. The SMILES string of the molecule is Cn1cc(CC(=O)Cc2ccc(F)cc2F)cn1. The third-order valence-electron chi connectivity index (χ3n) is 2.56. The number of carbonyl (C=O) groups is 1. The molecule has 0 unspecified atom stereocenters. The number of hydrogen-bond acceptors (Lipinski definition) is 2. The Morgan fingerprint density at radius 3 is 2.72 bits per heavy atom. The number of halogens is 2. The van der Waals surface area contributed by atoms with Gasteiger partial charge in [-0.05, 0) is 17.2 Å². The van der Waals surface area contributed by atoms with E-state index in [1.807, 2.05) is 0 Å². The fraction of sp³-hybridized carbons (Fsp3) is 0.231. The van der Waals surface area contributed by atoms with Crippen LogP contribution in [-0.4, -0.2) is 15.6 Å². The van der Waals surface area contributed by atoms with Crippen molar-refractivity contribution in [1.29, 1.82) is 0 Å². The predicted molar refractivity (Wildman–Crippen MR) is 62.0 cm³/mol. The van der Waals surface area contributed by atoms with Gasteiger partial charge in [0.1, 0.15) is 17.4 Å². The molecule has 0 radical (unpaired) electrons. The summed E-state index contributed by atoms with van der Waals surface area (Å²) in [5.74, 6) is -1.46. The standard InChI is InChI=1S/C13H12F2N2O/c1-17-8-9(7-16-17)4-12(18)5-10-2-3-11(14)6-13(10)15/h2-3,6-8H,4-5H2,1H3. The van der Waals surface area contributed by atoms with E-state index >= 15 is 0 Å². The Kier molecular flexibility index (Phi) is 3.50. The first-order valence-corrected chi connectivity index (χ1v) is 5.48. The van der Waals surface area contributed by atoms with Crippen molar-refractivity contribution in [3.05, 3.63) is 53.4 Å². The Balaban J connectivity index is 2.03. The lowest BCUT2D eigenvalue weighted by Crippen LogP contribution is -2.07. The molecule has 0 atom stereocenters. The number of Topliss-reactive ketones (excluding diaryl/α,β-unsaturated/α-hetero) is 1. The zero-order chi connectivity index (χ0) is 13.1. The highest BCUT2D eigenvalue weighted by atomic mass is 19.1. The molecule has 1 heterocycles. The second-order valence-corrected chi connectivity index (χ2v) is 4.15. The van der Waals surface area contributed by atoms with E-state index in [0.717, 1.165) is 17.7 Å². The van der Waals surface area contributed by atoms with Gasteiger partial charge in [0.25, 0.3) is 0 Å². The molecule has 0 aliphatic rings. The molecular weight excluding hydrogens is 238 g/mol. The topological polar surface area (TPSA) is 34.9 Å². The monoisotopic (exact) mass is 250 g/mol. The van der Waals surface area contributed by atoms with Gasteiger partial charge >= 0.3 is 0 Å². The van der Waals surface area contributed by atoms with Crippen molar-refractivity contribution >= 4 is 5.78 Å². The number of aryl methyl sites for hydroxylation is 1. The maximum absolute atomic E-state index is 13.3. The number of nitrogens with zero attached hydrogens (tertiary/aromatic N) is 2. The fourth-order valence-electron chi connectivity index (χ4n) is 1.73. The maximum Gasteiger partial charge on any atom is 0.141 e. The fourth-order valence-corrected chi connectivity index (χ4v) is 1.73. The summed E-state index contributed by atoms with van der Waals surface area (Å²) in [5.41, 5.74) is 0.996. The largest absolute Gasteiger partial charge is 0.299 e. The van der Waals surface area contributed by atoms with Gasteiger partial charge in [-0.25, -0.2) is 8.78 Å². The van der Waals surface area contributed by atoms with E-state index in [0.29, 0.717) is 0 Å². The van der Waals surface area contributed by atoms with Crippen LogP contribution >= 0.6 is 0 Å². The molecule has 0 fully saturated rings. The van der Waals surface area contributed by atoms with Crippen molar-refractivity contribution < 1.29 is 13.6 Å². The molecule has 3 nitrogen and oxygen atoms in total. The number of rotatable bonds is 4. The quantitative estimate of drug-likeness (QED) is 0.832. The molecule has 0 aliphatic carbocycles. The third-order valence-corrected chi connectivity index (χ3v) is 2.56. The van der Waals surface area contributed by atoms with Gasteiger partial charge in [0.2, 0.25) is 0 Å². The van der Waals surface area contributed by atoms with Crippen LogP contribution < -0.4 is 0 Å². The average molecular weight is 250 g/mol. The molecular formula is C13H12F2N2O. The van der Waals surface area contributed by atoms with Gasteiger partial charge in [-0.1, -0.05) is 6.07 Å².